The van der Waals surface area contributed by atoms with Crippen LogP contribution in [0.15, 0.2) is 53.4 Å². The van der Waals surface area contributed by atoms with Gasteiger partial charge in [0, 0.05) is 24.8 Å². The minimum absolute atomic E-state index is 0.217. The maximum atomic E-state index is 12.9. The monoisotopic (exact) mass is 409 g/mol. The number of rotatable bonds is 5. The quantitative estimate of drug-likeness (QED) is 0.814. The molecule has 5 nitrogen and oxygen atoms in total. The lowest BCUT2D eigenvalue weighted by Crippen LogP contribution is -2.49. The third kappa shape index (κ3) is 4.63. The first-order valence-corrected chi connectivity index (χ1v) is 11.9. The molecule has 0 bridgehead atoms. The molecule has 2 aromatic rings. The van der Waals surface area contributed by atoms with Gasteiger partial charge in [0.05, 0.1) is 16.5 Å². The van der Waals surface area contributed by atoms with Gasteiger partial charge < -0.3 is 4.90 Å². The first-order chi connectivity index (χ1) is 14.0. The number of hydrogen-bond donors (Lipinski definition) is 1. The predicted octanol–water partition coefficient (Wildman–Crippen LogP) is 3.85. The molecule has 0 amide bonds. The Morgan fingerprint density at radius 3 is 2.55 bits per heavy atom. The molecule has 1 aliphatic carbocycles. The average molecular weight is 410 g/mol. The van der Waals surface area contributed by atoms with Gasteiger partial charge in [-0.05, 0) is 61.1 Å². The minimum Gasteiger partial charge on any atom is -0.369 e. The van der Waals surface area contributed by atoms with Crippen LogP contribution in [0.5, 0.6) is 0 Å². The van der Waals surface area contributed by atoms with E-state index in [-0.39, 0.29) is 10.9 Å². The molecular weight excluding hydrogens is 382 g/mol. The number of benzene rings is 2. The molecule has 1 N–H and O–H groups in total. The van der Waals surface area contributed by atoms with Crippen molar-refractivity contribution in [3.63, 3.8) is 0 Å². The summed E-state index contributed by atoms with van der Waals surface area (Å²) in [5.74, 6) is 0.650. The van der Waals surface area contributed by atoms with Gasteiger partial charge in [0.15, 0.2) is 0 Å². The second-order valence-corrected chi connectivity index (χ2v) is 9.91. The van der Waals surface area contributed by atoms with Crippen LogP contribution in [0.3, 0.4) is 0 Å². The van der Waals surface area contributed by atoms with E-state index in [1.165, 1.54) is 32.1 Å². The lowest BCUT2D eigenvalue weighted by molar-refractivity contribution is 0.352. The molecule has 1 heterocycles. The molecule has 0 radical (unpaired) electrons. The Kier molecular flexibility index (Phi) is 5.89. The van der Waals surface area contributed by atoms with Gasteiger partial charge in [-0.15, -0.1) is 0 Å². The van der Waals surface area contributed by atoms with E-state index < -0.39 is 10.0 Å². The van der Waals surface area contributed by atoms with Gasteiger partial charge in [-0.1, -0.05) is 37.5 Å². The SMILES string of the molecule is N#Cc1ccc2c(c1)C[C@H](NS(=O)(=O)c1ccccc1)CN2CC1CCCCC1. The normalized spacial score (nSPS) is 20.1. The third-order valence-corrected chi connectivity index (χ3v) is 7.57. The van der Waals surface area contributed by atoms with Crippen molar-refractivity contribution < 1.29 is 8.42 Å². The molecule has 1 saturated carbocycles. The highest BCUT2D eigenvalue weighted by atomic mass is 32.2. The third-order valence-electron chi connectivity index (χ3n) is 6.04. The van der Waals surface area contributed by atoms with E-state index in [4.69, 9.17) is 0 Å². The van der Waals surface area contributed by atoms with E-state index >= 15 is 0 Å². The Labute approximate surface area is 173 Å². The largest absolute Gasteiger partial charge is 0.369 e. The summed E-state index contributed by atoms with van der Waals surface area (Å²) >= 11 is 0. The van der Waals surface area contributed by atoms with Crippen molar-refractivity contribution >= 4 is 15.7 Å². The molecule has 29 heavy (non-hydrogen) atoms. The molecule has 6 heteroatoms. The lowest BCUT2D eigenvalue weighted by Gasteiger charge is -2.39. The van der Waals surface area contributed by atoms with E-state index in [0.717, 1.165) is 17.8 Å². The van der Waals surface area contributed by atoms with E-state index in [0.29, 0.717) is 24.4 Å². The molecular formula is C23H27N3O2S. The zero-order valence-electron chi connectivity index (χ0n) is 16.5. The fraction of sp³-hybridized carbons (Fsp3) is 0.435. The molecule has 0 spiro atoms. The van der Waals surface area contributed by atoms with Crippen molar-refractivity contribution in [3.05, 3.63) is 59.7 Å². The van der Waals surface area contributed by atoms with Gasteiger partial charge >= 0.3 is 0 Å². The standard InChI is InChI=1S/C23H27N3O2S/c24-15-19-11-12-23-20(13-19)14-21(17-26(23)16-18-7-3-1-4-8-18)25-29(27,28)22-9-5-2-6-10-22/h2,5-6,9-13,18,21,25H,1,3-4,7-8,14,16-17H2/t21-/m0/s1. The molecule has 1 aliphatic heterocycles. The smallest absolute Gasteiger partial charge is 0.240 e. The second kappa shape index (κ2) is 8.56. The Bertz CT molecular complexity index is 993. The summed E-state index contributed by atoms with van der Waals surface area (Å²) in [5.41, 5.74) is 2.81. The van der Waals surface area contributed by atoms with Crippen LogP contribution in [0.25, 0.3) is 0 Å². The van der Waals surface area contributed by atoms with Crippen LogP contribution in [-0.2, 0) is 16.4 Å². The number of fused-ring (bicyclic) bond motifs is 1. The van der Waals surface area contributed by atoms with Crippen LogP contribution in [0, 0.1) is 17.2 Å². The number of anilines is 1. The molecule has 4 rings (SSSR count). The van der Waals surface area contributed by atoms with Crippen LogP contribution in [-0.4, -0.2) is 27.5 Å². The highest BCUT2D eigenvalue weighted by Gasteiger charge is 2.30. The molecule has 0 unspecified atom stereocenters. The molecule has 0 aromatic heterocycles. The van der Waals surface area contributed by atoms with E-state index in [9.17, 15) is 13.7 Å². The van der Waals surface area contributed by atoms with Gasteiger partial charge in [-0.3, -0.25) is 0 Å². The van der Waals surface area contributed by atoms with Crippen LogP contribution in [0.4, 0.5) is 5.69 Å². The van der Waals surface area contributed by atoms with Gasteiger partial charge in [0.2, 0.25) is 10.0 Å². The summed E-state index contributed by atoms with van der Waals surface area (Å²) in [6, 6.07) is 16.3. The minimum atomic E-state index is -3.58. The van der Waals surface area contributed by atoms with Gasteiger partial charge in [-0.25, -0.2) is 13.1 Å². The summed E-state index contributed by atoms with van der Waals surface area (Å²) < 4.78 is 28.6. The lowest BCUT2D eigenvalue weighted by atomic mass is 9.87. The Morgan fingerprint density at radius 2 is 1.83 bits per heavy atom. The van der Waals surface area contributed by atoms with E-state index in [2.05, 4.69) is 15.7 Å². The zero-order chi connectivity index (χ0) is 20.3. The Morgan fingerprint density at radius 1 is 1.07 bits per heavy atom. The number of nitriles is 1. The topological polar surface area (TPSA) is 73.2 Å². The second-order valence-electron chi connectivity index (χ2n) is 8.20. The van der Waals surface area contributed by atoms with Crippen molar-refractivity contribution in [3.8, 4) is 6.07 Å². The molecule has 0 saturated heterocycles. The number of nitrogens with zero attached hydrogens (tertiary/aromatic N) is 2. The fourth-order valence-electron chi connectivity index (χ4n) is 4.64. The maximum Gasteiger partial charge on any atom is 0.240 e. The van der Waals surface area contributed by atoms with Crippen molar-refractivity contribution in [2.45, 2.75) is 49.5 Å². The van der Waals surface area contributed by atoms with Gasteiger partial charge in [0.25, 0.3) is 0 Å². The number of sulfonamides is 1. The summed E-state index contributed by atoms with van der Waals surface area (Å²) in [6.45, 7) is 1.60. The number of nitrogens with one attached hydrogen (secondary N) is 1. The predicted molar refractivity (Wildman–Crippen MR) is 114 cm³/mol. The first-order valence-electron chi connectivity index (χ1n) is 10.4. The van der Waals surface area contributed by atoms with Gasteiger partial charge in [-0.2, -0.15) is 5.26 Å². The summed E-state index contributed by atoms with van der Waals surface area (Å²) in [4.78, 5) is 2.61. The summed E-state index contributed by atoms with van der Waals surface area (Å²) in [5, 5.41) is 9.29. The van der Waals surface area contributed by atoms with Crippen LogP contribution in [0.1, 0.15) is 43.2 Å². The van der Waals surface area contributed by atoms with E-state index in [1.807, 2.05) is 24.3 Å². The van der Waals surface area contributed by atoms with Crippen LogP contribution >= 0.6 is 0 Å². The zero-order valence-corrected chi connectivity index (χ0v) is 17.4. The maximum absolute atomic E-state index is 12.9. The molecule has 1 fully saturated rings. The first kappa shape index (κ1) is 19.9. The molecule has 2 aromatic carbocycles. The number of hydrogen-bond acceptors (Lipinski definition) is 4. The van der Waals surface area contributed by atoms with E-state index in [1.54, 1.807) is 24.3 Å². The van der Waals surface area contributed by atoms with Crippen molar-refractivity contribution in [2.75, 3.05) is 18.0 Å². The molecule has 1 atom stereocenters. The Hall–Kier alpha value is -2.36. The van der Waals surface area contributed by atoms with Crippen molar-refractivity contribution in [1.29, 1.82) is 5.26 Å². The van der Waals surface area contributed by atoms with Crippen molar-refractivity contribution in [2.24, 2.45) is 5.92 Å². The highest BCUT2D eigenvalue weighted by molar-refractivity contribution is 7.89. The highest BCUT2D eigenvalue weighted by Crippen LogP contribution is 2.32. The fourth-order valence-corrected chi connectivity index (χ4v) is 5.89. The van der Waals surface area contributed by atoms with Gasteiger partial charge in [0.1, 0.15) is 0 Å². The summed E-state index contributed by atoms with van der Waals surface area (Å²) in [7, 11) is -3.58. The molecule has 2 aliphatic rings. The summed E-state index contributed by atoms with van der Waals surface area (Å²) in [6.07, 6.45) is 6.95. The molecule has 152 valence electrons. The Balaban J connectivity index is 1.58. The van der Waals surface area contributed by atoms with Crippen LogP contribution in [0.2, 0.25) is 0 Å². The van der Waals surface area contributed by atoms with Crippen molar-refractivity contribution in [1.82, 2.24) is 4.72 Å². The average Bonchev–Trinajstić information content (AvgIpc) is 2.74. The van der Waals surface area contributed by atoms with Crippen LogP contribution < -0.4 is 9.62 Å².